The highest BCUT2D eigenvalue weighted by molar-refractivity contribution is 6.28. The number of aromatic nitrogens is 2. The highest BCUT2D eigenvalue weighted by Gasteiger charge is 2.17. The second-order valence-corrected chi connectivity index (χ2v) is 3.65. The molecule has 0 radical (unpaired) electrons. The lowest BCUT2D eigenvalue weighted by Gasteiger charge is -2.09. The molecule has 0 saturated heterocycles. The summed E-state index contributed by atoms with van der Waals surface area (Å²) in [4.78, 5) is 19.3. The molecule has 0 aromatic carbocycles. The third-order valence-corrected chi connectivity index (χ3v) is 2.01. The minimum atomic E-state index is -0.405. The van der Waals surface area contributed by atoms with E-state index in [9.17, 15) is 4.79 Å². The largest absolute Gasteiger partial charge is 0.462 e. The van der Waals surface area contributed by atoms with Gasteiger partial charge in [0.1, 0.15) is 0 Å². The number of esters is 1. The summed E-state index contributed by atoms with van der Waals surface area (Å²) in [5, 5.41) is 0.145. The molecule has 1 heterocycles. The molecule has 0 N–H and O–H groups in total. The number of hydrogen-bond donors (Lipinski definition) is 0. The Labute approximate surface area is 93.6 Å². The van der Waals surface area contributed by atoms with Gasteiger partial charge in [-0.1, -0.05) is 13.8 Å². The van der Waals surface area contributed by atoms with Crippen LogP contribution in [0.5, 0.6) is 0 Å². The first-order valence-corrected chi connectivity index (χ1v) is 5.13. The quantitative estimate of drug-likeness (QED) is 0.589. The van der Waals surface area contributed by atoms with Crippen molar-refractivity contribution < 1.29 is 9.53 Å². The van der Waals surface area contributed by atoms with Crippen molar-refractivity contribution >= 4 is 17.6 Å². The number of nitrogens with zero attached hydrogens (tertiary/aromatic N) is 2. The van der Waals surface area contributed by atoms with Crippen LogP contribution >= 0.6 is 11.6 Å². The molecule has 0 aliphatic carbocycles. The Kier molecular flexibility index (Phi) is 4.03. The molecule has 1 aromatic heterocycles. The number of carbonyl (C=O) groups excluding carboxylic acids is 1. The minimum Gasteiger partial charge on any atom is -0.462 e. The highest BCUT2D eigenvalue weighted by Crippen LogP contribution is 2.18. The van der Waals surface area contributed by atoms with Gasteiger partial charge in [-0.05, 0) is 24.4 Å². The fraction of sp³-hybridized carbons (Fsp3) is 0.500. The fourth-order valence-corrected chi connectivity index (χ4v) is 1.32. The van der Waals surface area contributed by atoms with E-state index in [0.29, 0.717) is 17.9 Å². The van der Waals surface area contributed by atoms with Crippen molar-refractivity contribution in [1.29, 1.82) is 0 Å². The van der Waals surface area contributed by atoms with Crippen molar-refractivity contribution in [2.75, 3.05) is 6.61 Å². The Morgan fingerprint density at radius 3 is 2.80 bits per heavy atom. The molecule has 82 valence electrons. The number of hydrogen-bond acceptors (Lipinski definition) is 4. The van der Waals surface area contributed by atoms with Gasteiger partial charge in [0, 0.05) is 6.20 Å². The molecule has 5 heteroatoms. The summed E-state index contributed by atoms with van der Waals surface area (Å²) in [7, 11) is 0. The van der Waals surface area contributed by atoms with Crippen LogP contribution in [-0.2, 0) is 4.74 Å². The third-order valence-electron chi connectivity index (χ3n) is 1.83. The predicted octanol–water partition coefficient (Wildman–Crippen LogP) is 2.43. The van der Waals surface area contributed by atoms with Gasteiger partial charge in [-0.25, -0.2) is 14.8 Å². The summed E-state index contributed by atoms with van der Waals surface area (Å²) in [6.45, 7) is 5.95. The van der Waals surface area contributed by atoms with Crippen LogP contribution in [0.3, 0.4) is 0 Å². The molecule has 0 fully saturated rings. The van der Waals surface area contributed by atoms with E-state index in [-0.39, 0.29) is 11.2 Å². The summed E-state index contributed by atoms with van der Waals surface area (Å²) < 4.78 is 4.90. The van der Waals surface area contributed by atoms with Crippen LogP contribution in [-0.4, -0.2) is 22.5 Å². The number of halogens is 1. The van der Waals surface area contributed by atoms with Crippen molar-refractivity contribution in [3.05, 3.63) is 22.7 Å². The van der Waals surface area contributed by atoms with E-state index >= 15 is 0 Å². The summed E-state index contributed by atoms with van der Waals surface area (Å²) in [5.41, 5.74) is 1.00. The Balaban J connectivity index is 3.11. The second-order valence-electron chi connectivity index (χ2n) is 3.31. The molecular formula is C10H13ClN2O2. The zero-order chi connectivity index (χ0) is 11.4. The summed E-state index contributed by atoms with van der Waals surface area (Å²) in [6.07, 6.45) is 1.41. The zero-order valence-electron chi connectivity index (χ0n) is 8.95. The Hall–Kier alpha value is -1.16. The highest BCUT2D eigenvalue weighted by atomic mass is 35.5. The van der Waals surface area contributed by atoms with E-state index in [0.717, 1.165) is 0 Å². The van der Waals surface area contributed by atoms with Crippen molar-refractivity contribution in [2.24, 2.45) is 0 Å². The maximum Gasteiger partial charge on any atom is 0.341 e. The molecule has 0 atom stereocenters. The predicted molar refractivity (Wildman–Crippen MR) is 57.1 cm³/mol. The van der Waals surface area contributed by atoms with Gasteiger partial charge in [0.25, 0.3) is 0 Å². The average Bonchev–Trinajstić information content (AvgIpc) is 2.17. The molecule has 0 saturated carbocycles. The van der Waals surface area contributed by atoms with Gasteiger partial charge in [-0.15, -0.1) is 0 Å². The standard InChI is InChI=1S/C10H13ClN2O2/c1-4-15-9(14)7-5-12-10(11)13-8(7)6(2)3/h5-6H,4H2,1-3H3. The fourth-order valence-electron chi connectivity index (χ4n) is 1.18. The monoisotopic (exact) mass is 228 g/mol. The molecule has 0 aliphatic heterocycles. The van der Waals surface area contributed by atoms with E-state index in [1.807, 2.05) is 13.8 Å². The molecule has 0 unspecified atom stereocenters. The molecule has 0 aliphatic rings. The smallest absolute Gasteiger partial charge is 0.341 e. The molecule has 0 bridgehead atoms. The molecule has 1 rings (SSSR count). The SMILES string of the molecule is CCOC(=O)c1cnc(Cl)nc1C(C)C. The molecular weight excluding hydrogens is 216 g/mol. The first-order chi connectivity index (χ1) is 7.06. The van der Waals surface area contributed by atoms with Gasteiger partial charge in [-0.3, -0.25) is 0 Å². The van der Waals surface area contributed by atoms with Gasteiger partial charge in [0.05, 0.1) is 17.9 Å². The maximum absolute atomic E-state index is 11.5. The molecule has 1 aromatic rings. The number of ether oxygens (including phenoxy) is 1. The molecule has 0 amide bonds. The second kappa shape index (κ2) is 5.07. The normalized spacial score (nSPS) is 10.5. The van der Waals surface area contributed by atoms with Crippen LogP contribution in [0.25, 0.3) is 0 Å². The first-order valence-electron chi connectivity index (χ1n) is 4.75. The topological polar surface area (TPSA) is 52.1 Å². The van der Waals surface area contributed by atoms with Gasteiger partial charge in [0.2, 0.25) is 5.28 Å². The minimum absolute atomic E-state index is 0.102. The van der Waals surface area contributed by atoms with Crippen molar-refractivity contribution in [1.82, 2.24) is 9.97 Å². The number of carbonyl (C=O) groups is 1. The lowest BCUT2D eigenvalue weighted by atomic mass is 10.1. The van der Waals surface area contributed by atoms with Crippen LogP contribution in [0.4, 0.5) is 0 Å². The molecule has 4 nitrogen and oxygen atoms in total. The lowest BCUT2D eigenvalue weighted by Crippen LogP contribution is -2.11. The maximum atomic E-state index is 11.5. The van der Waals surface area contributed by atoms with Gasteiger partial charge >= 0.3 is 5.97 Å². The van der Waals surface area contributed by atoms with Crippen LogP contribution in [0.2, 0.25) is 5.28 Å². The zero-order valence-corrected chi connectivity index (χ0v) is 9.71. The van der Waals surface area contributed by atoms with E-state index in [1.165, 1.54) is 6.20 Å². The van der Waals surface area contributed by atoms with Crippen LogP contribution in [0.1, 0.15) is 42.7 Å². The summed E-state index contributed by atoms with van der Waals surface area (Å²) >= 11 is 5.67. The van der Waals surface area contributed by atoms with E-state index < -0.39 is 5.97 Å². The molecule has 0 spiro atoms. The van der Waals surface area contributed by atoms with Gasteiger partial charge in [0.15, 0.2) is 0 Å². The van der Waals surface area contributed by atoms with Crippen molar-refractivity contribution in [2.45, 2.75) is 26.7 Å². The third kappa shape index (κ3) is 2.89. The van der Waals surface area contributed by atoms with E-state index in [2.05, 4.69) is 9.97 Å². The Morgan fingerprint density at radius 2 is 2.27 bits per heavy atom. The van der Waals surface area contributed by atoms with Crippen LogP contribution in [0.15, 0.2) is 6.20 Å². The number of rotatable bonds is 3. The Bertz CT molecular complexity index is 366. The molecule has 15 heavy (non-hydrogen) atoms. The van der Waals surface area contributed by atoms with Crippen molar-refractivity contribution in [3.8, 4) is 0 Å². The van der Waals surface area contributed by atoms with Gasteiger partial charge in [-0.2, -0.15) is 0 Å². The van der Waals surface area contributed by atoms with E-state index in [1.54, 1.807) is 6.92 Å². The Morgan fingerprint density at radius 1 is 1.60 bits per heavy atom. The van der Waals surface area contributed by atoms with Crippen molar-refractivity contribution in [3.63, 3.8) is 0 Å². The van der Waals surface area contributed by atoms with E-state index in [4.69, 9.17) is 16.3 Å². The summed E-state index contributed by atoms with van der Waals surface area (Å²) in [5.74, 6) is -0.303. The van der Waals surface area contributed by atoms with Gasteiger partial charge < -0.3 is 4.74 Å². The first kappa shape index (κ1) is 11.9. The lowest BCUT2D eigenvalue weighted by molar-refractivity contribution is 0.0523. The average molecular weight is 229 g/mol. The summed E-state index contributed by atoms with van der Waals surface area (Å²) in [6, 6.07) is 0. The van der Waals surface area contributed by atoms with Crippen LogP contribution < -0.4 is 0 Å². The van der Waals surface area contributed by atoms with Crippen LogP contribution in [0, 0.1) is 0 Å².